The molecule has 1 aromatic rings. The quantitative estimate of drug-likeness (QED) is 0.881. The zero-order valence-corrected chi connectivity index (χ0v) is 15.5. The van der Waals surface area contributed by atoms with Gasteiger partial charge in [0.05, 0.1) is 5.92 Å². The molecule has 2 unspecified atom stereocenters. The third-order valence-electron chi connectivity index (χ3n) is 5.78. The smallest absolute Gasteiger partial charge is 0.225 e. The summed E-state index contributed by atoms with van der Waals surface area (Å²) in [5, 5.41) is 3.06. The molecule has 2 fully saturated rings. The second-order valence-corrected chi connectivity index (χ2v) is 7.95. The summed E-state index contributed by atoms with van der Waals surface area (Å²) in [6, 6.07) is 4.16. The summed E-state index contributed by atoms with van der Waals surface area (Å²) in [7, 11) is 0. The standard InChI is InChI=1S/C20H32N4O/c1-20(21)11-5-4-8-17(20)19(25)23-15-16-9-10-18(22-14-16)24-12-6-2-3-7-13-24/h9-10,14,17H,2-8,11-13,15,21H2,1H3,(H,23,25). The fraction of sp³-hybridized carbons (Fsp3) is 0.700. The molecule has 1 aliphatic carbocycles. The van der Waals surface area contributed by atoms with Crippen molar-refractivity contribution in [3.05, 3.63) is 23.9 Å². The summed E-state index contributed by atoms with van der Waals surface area (Å²) in [6.07, 6.45) is 11.1. The van der Waals surface area contributed by atoms with Crippen molar-refractivity contribution < 1.29 is 4.79 Å². The van der Waals surface area contributed by atoms with Gasteiger partial charge in [-0.3, -0.25) is 4.79 Å². The van der Waals surface area contributed by atoms with E-state index in [0.717, 1.165) is 50.2 Å². The Morgan fingerprint density at radius 2 is 2.00 bits per heavy atom. The molecule has 1 amide bonds. The van der Waals surface area contributed by atoms with Crippen LogP contribution in [0.15, 0.2) is 18.3 Å². The van der Waals surface area contributed by atoms with E-state index in [9.17, 15) is 4.79 Å². The zero-order valence-electron chi connectivity index (χ0n) is 15.5. The normalized spacial score (nSPS) is 27.6. The van der Waals surface area contributed by atoms with Gasteiger partial charge >= 0.3 is 0 Å². The molecule has 1 aromatic heterocycles. The maximum Gasteiger partial charge on any atom is 0.225 e. The third kappa shape index (κ3) is 4.72. The minimum absolute atomic E-state index is 0.0782. The molecule has 1 saturated carbocycles. The highest BCUT2D eigenvalue weighted by atomic mass is 16.1. The van der Waals surface area contributed by atoms with Crippen LogP contribution in [0.4, 0.5) is 5.82 Å². The SMILES string of the molecule is CC1(N)CCCCC1C(=O)NCc1ccc(N2CCCCCC2)nc1. The lowest BCUT2D eigenvalue weighted by Gasteiger charge is -2.37. The number of hydrogen-bond donors (Lipinski definition) is 2. The van der Waals surface area contributed by atoms with Crippen molar-refractivity contribution in [2.75, 3.05) is 18.0 Å². The third-order valence-corrected chi connectivity index (χ3v) is 5.78. The van der Waals surface area contributed by atoms with Gasteiger partial charge in [-0.1, -0.05) is 31.7 Å². The fourth-order valence-electron chi connectivity index (χ4n) is 4.11. The number of nitrogens with two attached hydrogens (primary N) is 1. The topological polar surface area (TPSA) is 71.2 Å². The molecule has 5 nitrogen and oxygen atoms in total. The van der Waals surface area contributed by atoms with Crippen LogP contribution in [0.5, 0.6) is 0 Å². The largest absolute Gasteiger partial charge is 0.357 e. The van der Waals surface area contributed by atoms with Crippen LogP contribution in [0.1, 0.15) is 63.9 Å². The van der Waals surface area contributed by atoms with E-state index >= 15 is 0 Å². The van der Waals surface area contributed by atoms with E-state index in [-0.39, 0.29) is 17.4 Å². The van der Waals surface area contributed by atoms with E-state index in [1.165, 1.54) is 25.7 Å². The highest BCUT2D eigenvalue weighted by Crippen LogP contribution is 2.31. The number of pyridine rings is 1. The van der Waals surface area contributed by atoms with Gasteiger partial charge in [-0.05, 0) is 44.2 Å². The first-order chi connectivity index (χ1) is 12.1. The molecule has 2 aliphatic rings. The van der Waals surface area contributed by atoms with Crippen molar-refractivity contribution in [2.24, 2.45) is 11.7 Å². The number of nitrogens with one attached hydrogen (secondary N) is 1. The van der Waals surface area contributed by atoms with Crippen LogP contribution in [0.3, 0.4) is 0 Å². The highest BCUT2D eigenvalue weighted by Gasteiger charge is 2.37. The number of hydrogen-bond acceptors (Lipinski definition) is 4. The monoisotopic (exact) mass is 344 g/mol. The molecular formula is C20H32N4O. The van der Waals surface area contributed by atoms with Crippen LogP contribution >= 0.6 is 0 Å². The molecule has 2 atom stereocenters. The van der Waals surface area contributed by atoms with Gasteiger partial charge in [0, 0.05) is 31.4 Å². The number of aromatic nitrogens is 1. The van der Waals surface area contributed by atoms with Gasteiger partial charge in [0.25, 0.3) is 0 Å². The Morgan fingerprint density at radius 1 is 1.24 bits per heavy atom. The first kappa shape index (κ1) is 18.2. The van der Waals surface area contributed by atoms with Crippen molar-refractivity contribution in [2.45, 2.75) is 70.4 Å². The minimum Gasteiger partial charge on any atom is -0.357 e. The Bertz CT molecular complexity index is 562. The Balaban J connectivity index is 1.53. The van der Waals surface area contributed by atoms with Crippen molar-refractivity contribution in [3.8, 4) is 0 Å². The summed E-state index contributed by atoms with van der Waals surface area (Å²) in [6.45, 7) is 4.73. The van der Waals surface area contributed by atoms with Crippen LogP contribution in [0, 0.1) is 5.92 Å². The van der Waals surface area contributed by atoms with Crippen LogP contribution in [0.25, 0.3) is 0 Å². The van der Waals surface area contributed by atoms with Crippen molar-refractivity contribution >= 4 is 11.7 Å². The molecule has 0 bridgehead atoms. The van der Waals surface area contributed by atoms with Gasteiger partial charge in [-0.15, -0.1) is 0 Å². The van der Waals surface area contributed by atoms with Crippen molar-refractivity contribution in [1.29, 1.82) is 0 Å². The van der Waals surface area contributed by atoms with Gasteiger partial charge in [-0.25, -0.2) is 4.98 Å². The second-order valence-electron chi connectivity index (χ2n) is 7.95. The van der Waals surface area contributed by atoms with E-state index < -0.39 is 0 Å². The number of amides is 1. The Hall–Kier alpha value is -1.62. The number of carbonyl (C=O) groups excluding carboxylic acids is 1. The van der Waals surface area contributed by atoms with Gasteiger partial charge in [-0.2, -0.15) is 0 Å². The van der Waals surface area contributed by atoms with Crippen LogP contribution in [-0.4, -0.2) is 29.5 Å². The van der Waals surface area contributed by atoms with Crippen LogP contribution < -0.4 is 16.0 Å². The molecule has 2 heterocycles. The van der Waals surface area contributed by atoms with Crippen LogP contribution in [0.2, 0.25) is 0 Å². The van der Waals surface area contributed by atoms with E-state index in [1.807, 2.05) is 13.1 Å². The molecule has 5 heteroatoms. The fourth-order valence-corrected chi connectivity index (χ4v) is 4.11. The van der Waals surface area contributed by atoms with Gasteiger partial charge < -0.3 is 16.0 Å². The average Bonchev–Trinajstić information content (AvgIpc) is 2.89. The molecular weight excluding hydrogens is 312 g/mol. The van der Waals surface area contributed by atoms with E-state index in [1.54, 1.807) is 0 Å². The predicted molar refractivity (Wildman–Crippen MR) is 101 cm³/mol. The maximum atomic E-state index is 12.5. The van der Waals surface area contributed by atoms with Gasteiger partial charge in [0.15, 0.2) is 0 Å². The molecule has 0 spiro atoms. The maximum absolute atomic E-state index is 12.5. The molecule has 3 N–H and O–H groups in total. The summed E-state index contributed by atoms with van der Waals surface area (Å²) >= 11 is 0. The minimum atomic E-state index is -0.378. The summed E-state index contributed by atoms with van der Waals surface area (Å²) in [4.78, 5) is 19.5. The number of nitrogens with zero attached hydrogens (tertiary/aromatic N) is 2. The Labute approximate surface area is 151 Å². The predicted octanol–water partition coefficient (Wildman–Crippen LogP) is 2.99. The van der Waals surface area contributed by atoms with E-state index in [0.29, 0.717) is 6.54 Å². The first-order valence-corrected chi connectivity index (χ1v) is 9.83. The van der Waals surface area contributed by atoms with Crippen molar-refractivity contribution in [1.82, 2.24) is 10.3 Å². The zero-order chi connectivity index (χ0) is 17.7. The first-order valence-electron chi connectivity index (χ1n) is 9.83. The Morgan fingerprint density at radius 3 is 2.64 bits per heavy atom. The average molecular weight is 345 g/mol. The molecule has 25 heavy (non-hydrogen) atoms. The molecule has 3 rings (SSSR count). The molecule has 0 aromatic carbocycles. The highest BCUT2D eigenvalue weighted by molar-refractivity contribution is 5.80. The number of carbonyl (C=O) groups is 1. The van der Waals surface area contributed by atoms with Crippen molar-refractivity contribution in [3.63, 3.8) is 0 Å². The van der Waals surface area contributed by atoms with E-state index in [4.69, 9.17) is 5.73 Å². The number of anilines is 1. The molecule has 1 saturated heterocycles. The molecule has 1 aliphatic heterocycles. The molecule has 0 radical (unpaired) electrons. The molecule has 138 valence electrons. The Kier molecular flexibility index (Phi) is 5.94. The summed E-state index contributed by atoms with van der Waals surface area (Å²) < 4.78 is 0. The number of rotatable bonds is 4. The van der Waals surface area contributed by atoms with Gasteiger partial charge in [0.1, 0.15) is 5.82 Å². The summed E-state index contributed by atoms with van der Waals surface area (Å²) in [5.41, 5.74) is 6.99. The lowest BCUT2D eigenvalue weighted by Crippen LogP contribution is -2.52. The van der Waals surface area contributed by atoms with Crippen LogP contribution in [-0.2, 0) is 11.3 Å². The lowest BCUT2D eigenvalue weighted by atomic mass is 9.74. The van der Waals surface area contributed by atoms with E-state index in [2.05, 4.69) is 27.3 Å². The second kappa shape index (κ2) is 8.17. The van der Waals surface area contributed by atoms with Gasteiger partial charge in [0.2, 0.25) is 5.91 Å². The summed E-state index contributed by atoms with van der Waals surface area (Å²) in [5.74, 6) is 1.06. The lowest BCUT2D eigenvalue weighted by molar-refractivity contribution is -0.128.